The van der Waals surface area contributed by atoms with Crippen LogP contribution in [0.3, 0.4) is 0 Å². The summed E-state index contributed by atoms with van der Waals surface area (Å²) in [5, 5.41) is 0. The molecule has 2 N–H and O–H groups in total. The molecular weight excluding hydrogens is 847 g/mol. The Balaban J connectivity index is 1.37. The van der Waals surface area contributed by atoms with Crippen molar-refractivity contribution in [3.63, 3.8) is 0 Å². The van der Waals surface area contributed by atoms with Gasteiger partial charge in [0.25, 0.3) is 20.2 Å². The average molecular weight is 907 g/mol. The van der Waals surface area contributed by atoms with E-state index in [0.29, 0.717) is 38.8 Å². The molecule has 13 heteroatoms. The number of unbranched alkanes of at least 4 members (excludes halogenated alkanes) is 2. The molecule has 0 atom stereocenters. The SMILES string of the molecule is COc1ccc2c(c1)C(C)(C)C(/C=C/C1=C(N(c3ccccc3)c3ccccc3)C(=C/C=C3/N(CCCCS(=O)(=O)O)c4ccc(OC)cc4C3(C)C)/CC1)=[N+]2CCCCS(=O)(=O)O. The maximum Gasteiger partial charge on any atom is 0.264 e. The van der Waals surface area contributed by atoms with Gasteiger partial charge < -0.3 is 19.3 Å². The molecule has 64 heavy (non-hydrogen) atoms. The number of nitrogens with zero attached hydrogens (tertiary/aromatic N) is 3. The van der Waals surface area contributed by atoms with Crippen molar-refractivity contribution in [2.24, 2.45) is 0 Å². The normalized spacial score (nSPS) is 18.1. The number of methoxy groups -OCH3 is 2. The van der Waals surface area contributed by atoms with E-state index in [4.69, 9.17) is 9.47 Å². The monoisotopic (exact) mass is 906 g/mol. The lowest BCUT2D eigenvalue weighted by atomic mass is 9.81. The Morgan fingerprint density at radius 1 is 0.688 bits per heavy atom. The summed E-state index contributed by atoms with van der Waals surface area (Å²) in [4.78, 5) is 4.61. The summed E-state index contributed by atoms with van der Waals surface area (Å²) in [7, 11) is -4.82. The van der Waals surface area contributed by atoms with Gasteiger partial charge in [0.2, 0.25) is 5.69 Å². The number of anilines is 3. The van der Waals surface area contributed by atoms with E-state index in [0.717, 1.165) is 86.5 Å². The largest absolute Gasteiger partial charge is 0.497 e. The highest BCUT2D eigenvalue weighted by Gasteiger charge is 2.45. The topological polar surface area (TPSA) is 137 Å². The highest BCUT2D eigenvalue weighted by Crippen LogP contribution is 2.50. The first kappa shape index (κ1) is 46.5. The highest BCUT2D eigenvalue weighted by atomic mass is 32.2. The summed E-state index contributed by atoms with van der Waals surface area (Å²) in [6.07, 6.45) is 12.3. The van der Waals surface area contributed by atoms with Crippen molar-refractivity contribution in [3.05, 3.63) is 155 Å². The summed E-state index contributed by atoms with van der Waals surface area (Å²) in [6, 6.07) is 33.0. The third kappa shape index (κ3) is 10.1. The van der Waals surface area contributed by atoms with Crippen LogP contribution in [0.25, 0.3) is 0 Å². The van der Waals surface area contributed by atoms with Gasteiger partial charge in [0.1, 0.15) is 18.0 Å². The molecule has 0 unspecified atom stereocenters. The molecular formula is C51H60N3O8S2+. The smallest absolute Gasteiger partial charge is 0.264 e. The van der Waals surface area contributed by atoms with E-state index >= 15 is 0 Å². The maximum atomic E-state index is 11.6. The van der Waals surface area contributed by atoms with Crippen molar-refractivity contribution in [1.82, 2.24) is 0 Å². The Hall–Kier alpha value is -5.47. The van der Waals surface area contributed by atoms with Crippen LogP contribution in [0.5, 0.6) is 11.5 Å². The Morgan fingerprint density at radius 2 is 1.27 bits per heavy atom. The first-order chi connectivity index (χ1) is 30.4. The number of hydrogen-bond donors (Lipinski definition) is 2. The summed E-state index contributed by atoms with van der Waals surface area (Å²) >= 11 is 0. The minimum atomic E-state index is -4.07. The molecule has 0 amide bonds. The predicted molar refractivity (Wildman–Crippen MR) is 257 cm³/mol. The number of hydrogen-bond acceptors (Lipinski definition) is 8. The maximum absolute atomic E-state index is 11.6. The molecule has 0 saturated heterocycles. The molecule has 2 heterocycles. The van der Waals surface area contributed by atoms with Crippen LogP contribution in [-0.4, -0.2) is 75.0 Å². The van der Waals surface area contributed by atoms with E-state index in [1.165, 1.54) is 0 Å². The molecule has 4 aromatic carbocycles. The number of rotatable bonds is 18. The van der Waals surface area contributed by atoms with Crippen LogP contribution >= 0.6 is 0 Å². The molecule has 7 rings (SSSR count). The minimum absolute atomic E-state index is 0.287. The lowest BCUT2D eigenvalue weighted by molar-refractivity contribution is -0.438. The van der Waals surface area contributed by atoms with Crippen molar-refractivity contribution in [2.45, 2.75) is 77.0 Å². The lowest BCUT2D eigenvalue weighted by Gasteiger charge is -2.29. The van der Waals surface area contributed by atoms with Gasteiger partial charge in [-0.3, -0.25) is 9.11 Å². The third-order valence-corrected chi connectivity index (χ3v) is 14.3. The second-order valence-electron chi connectivity index (χ2n) is 17.6. The van der Waals surface area contributed by atoms with Gasteiger partial charge in [-0.05, 0) is 123 Å². The molecule has 2 aliphatic heterocycles. The zero-order valence-electron chi connectivity index (χ0n) is 37.6. The molecule has 3 aliphatic rings. The van der Waals surface area contributed by atoms with E-state index < -0.39 is 31.1 Å². The molecule has 338 valence electrons. The van der Waals surface area contributed by atoms with Crippen molar-refractivity contribution in [2.75, 3.05) is 48.6 Å². The van der Waals surface area contributed by atoms with Crippen molar-refractivity contribution in [1.29, 1.82) is 0 Å². The van der Waals surface area contributed by atoms with Gasteiger partial charge in [-0.25, -0.2) is 0 Å². The third-order valence-electron chi connectivity index (χ3n) is 12.7. The summed E-state index contributed by atoms with van der Waals surface area (Å²) in [6.45, 7) is 9.96. The van der Waals surface area contributed by atoms with Crippen LogP contribution in [0, 0.1) is 0 Å². The van der Waals surface area contributed by atoms with Crippen LogP contribution < -0.4 is 19.3 Å². The lowest BCUT2D eigenvalue weighted by Crippen LogP contribution is -2.28. The molecule has 0 aromatic heterocycles. The van der Waals surface area contributed by atoms with E-state index in [1.54, 1.807) is 14.2 Å². The van der Waals surface area contributed by atoms with Crippen LogP contribution in [-0.2, 0) is 31.1 Å². The van der Waals surface area contributed by atoms with Crippen LogP contribution in [0.4, 0.5) is 22.7 Å². The van der Waals surface area contributed by atoms with E-state index in [9.17, 15) is 25.9 Å². The minimum Gasteiger partial charge on any atom is -0.497 e. The first-order valence-corrected chi connectivity index (χ1v) is 25.1. The zero-order chi connectivity index (χ0) is 45.9. The summed E-state index contributed by atoms with van der Waals surface area (Å²) in [5.41, 5.74) is 11.1. The first-order valence-electron chi connectivity index (χ1n) is 21.9. The molecule has 0 saturated carbocycles. The zero-order valence-corrected chi connectivity index (χ0v) is 39.3. The number of para-hydroxylation sites is 2. The Bertz CT molecular complexity index is 2720. The number of allylic oxidation sites excluding steroid dienone is 7. The molecule has 0 radical (unpaired) electrons. The van der Waals surface area contributed by atoms with Crippen LogP contribution in [0.1, 0.15) is 77.3 Å². The molecule has 0 fully saturated rings. The van der Waals surface area contributed by atoms with Crippen LogP contribution in [0.15, 0.2) is 144 Å². The average Bonchev–Trinajstić information content (AvgIpc) is 3.82. The van der Waals surface area contributed by atoms with Crippen molar-refractivity contribution < 1.29 is 40.0 Å². The van der Waals surface area contributed by atoms with E-state index in [2.05, 4.69) is 139 Å². The molecule has 0 spiro atoms. The fourth-order valence-corrected chi connectivity index (χ4v) is 10.5. The summed E-state index contributed by atoms with van der Waals surface area (Å²) in [5.74, 6) is 0.951. The van der Waals surface area contributed by atoms with Gasteiger partial charge in [-0.2, -0.15) is 21.4 Å². The quantitative estimate of drug-likeness (QED) is 0.0564. The molecule has 4 aromatic rings. The van der Waals surface area contributed by atoms with E-state index in [1.807, 2.05) is 24.3 Å². The fourth-order valence-electron chi connectivity index (χ4n) is 9.40. The standard InChI is InChI=1S/C51H59N3O8S2/c1-50(2)43-35-41(61-5)25-27-45(43)52(31-13-15-33-63(55,56)57)47(50)29-23-37-21-22-38(49(37)54(39-17-9-7-10-18-39)40-19-11-8-12-20-40)24-30-48-51(3,4)44-36-42(62-6)26-28-46(44)53(48)32-14-16-34-64(58,59)60/h7-12,17-20,23-30,35-36H,13-16,21-22,31-34H2,1-6H3,(H-,55,56,57,58,59,60)/p+1. The van der Waals surface area contributed by atoms with Crippen molar-refractivity contribution >= 4 is 48.7 Å². The Kier molecular flexibility index (Phi) is 13.8. The van der Waals surface area contributed by atoms with Gasteiger partial charge in [0.15, 0.2) is 5.71 Å². The number of ether oxygens (including phenoxy) is 2. The molecule has 1 aliphatic carbocycles. The van der Waals surface area contributed by atoms with Gasteiger partial charge in [-0.1, -0.05) is 62.4 Å². The van der Waals surface area contributed by atoms with Gasteiger partial charge in [0.05, 0.1) is 36.8 Å². The fraction of sp³-hybridized carbons (Fsp3) is 0.353. The summed E-state index contributed by atoms with van der Waals surface area (Å²) < 4.78 is 79.0. The highest BCUT2D eigenvalue weighted by molar-refractivity contribution is 7.86. The predicted octanol–water partition coefficient (Wildman–Crippen LogP) is 10.5. The molecule has 11 nitrogen and oxygen atoms in total. The molecule has 0 bridgehead atoms. The number of benzene rings is 4. The van der Waals surface area contributed by atoms with Gasteiger partial charge in [-0.15, -0.1) is 0 Å². The number of fused-ring (bicyclic) bond motifs is 2. The Morgan fingerprint density at radius 3 is 1.86 bits per heavy atom. The Labute approximate surface area is 379 Å². The second-order valence-corrected chi connectivity index (χ2v) is 20.8. The second kappa shape index (κ2) is 18.9. The van der Waals surface area contributed by atoms with Crippen LogP contribution in [0.2, 0.25) is 0 Å². The van der Waals surface area contributed by atoms with Crippen molar-refractivity contribution in [3.8, 4) is 11.5 Å². The van der Waals surface area contributed by atoms with E-state index in [-0.39, 0.29) is 11.5 Å². The van der Waals surface area contributed by atoms with Gasteiger partial charge >= 0.3 is 0 Å². The van der Waals surface area contributed by atoms with Gasteiger partial charge in [0, 0.05) is 58.8 Å².